The maximum absolute atomic E-state index is 2.63. The number of hydrogen-bond donors (Lipinski definition) is 0. The Morgan fingerprint density at radius 2 is 0.625 bits per heavy atom. The van der Waals surface area contributed by atoms with Gasteiger partial charge in [0.25, 0.3) is 0 Å². The summed E-state index contributed by atoms with van der Waals surface area (Å²) in [5, 5.41) is 3.02. The molecule has 246 valence electrons. The topological polar surface area (TPSA) is 6.48 Å². The van der Waals surface area contributed by atoms with Gasteiger partial charge in [-0.15, -0.1) is 0 Å². The van der Waals surface area contributed by atoms with Gasteiger partial charge in [-0.3, -0.25) is 0 Å². The van der Waals surface area contributed by atoms with E-state index in [9.17, 15) is 0 Å². The molecular formula is C44H52N2Si2. The zero-order valence-electron chi connectivity index (χ0n) is 29.9. The number of para-hydroxylation sites is 2. The molecule has 0 fully saturated rings. The SMILES string of the molecule is C[Si](C)(C)c1ccc(N(c2ccccc2)c2c3c(c(N(c4ccccc4)c4ccc([Si](C)(C)C)cc4)c4c2CCCC4)CCCC3)cc1. The van der Waals surface area contributed by atoms with Gasteiger partial charge in [0, 0.05) is 22.7 Å². The van der Waals surface area contributed by atoms with E-state index in [1.807, 2.05) is 0 Å². The van der Waals surface area contributed by atoms with Crippen molar-refractivity contribution in [2.45, 2.75) is 90.6 Å². The van der Waals surface area contributed by atoms with E-state index in [-0.39, 0.29) is 0 Å². The van der Waals surface area contributed by atoms with Crippen LogP contribution in [0, 0.1) is 0 Å². The molecule has 0 N–H and O–H groups in total. The first-order valence-corrected chi connectivity index (χ1v) is 25.2. The highest BCUT2D eigenvalue weighted by molar-refractivity contribution is 6.89. The van der Waals surface area contributed by atoms with Crippen LogP contribution < -0.4 is 20.2 Å². The van der Waals surface area contributed by atoms with E-state index in [1.54, 1.807) is 22.3 Å². The number of hydrogen-bond acceptors (Lipinski definition) is 2. The fourth-order valence-electron chi connectivity index (χ4n) is 7.95. The van der Waals surface area contributed by atoms with Crippen molar-refractivity contribution in [1.82, 2.24) is 0 Å². The molecule has 2 aliphatic carbocycles. The number of benzene rings is 5. The van der Waals surface area contributed by atoms with Gasteiger partial charge < -0.3 is 9.80 Å². The van der Waals surface area contributed by atoms with Gasteiger partial charge in [0.05, 0.1) is 27.5 Å². The van der Waals surface area contributed by atoms with Crippen LogP contribution in [0.4, 0.5) is 34.1 Å². The van der Waals surface area contributed by atoms with E-state index in [4.69, 9.17) is 0 Å². The van der Waals surface area contributed by atoms with Crippen molar-refractivity contribution in [2.24, 2.45) is 0 Å². The highest BCUT2D eigenvalue weighted by atomic mass is 28.3. The summed E-state index contributed by atoms with van der Waals surface area (Å²) in [5.41, 5.74) is 14.3. The lowest BCUT2D eigenvalue weighted by molar-refractivity contribution is 0.659. The van der Waals surface area contributed by atoms with E-state index < -0.39 is 16.1 Å². The predicted molar refractivity (Wildman–Crippen MR) is 215 cm³/mol. The molecule has 0 saturated carbocycles. The minimum Gasteiger partial charge on any atom is -0.310 e. The number of nitrogens with zero attached hydrogens (tertiary/aromatic N) is 2. The van der Waals surface area contributed by atoms with Crippen LogP contribution in [-0.4, -0.2) is 16.1 Å². The molecule has 0 aliphatic heterocycles. The average Bonchev–Trinajstić information content (AvgIpc) is 3.10. The summed E-state index contributed by atoms with van der Waals surface area (Å²) in [6.07, 6.45) is 9.46. The smallest absolute Gasteiger partial charge is 0.0775 e. The third kappa shape index (κ3) is 6.33. The quantitative estimate of drug-likeness (QED) is 0.120. The van der Waals surface area contributed by atoms with Crippen LogP contribution in [0.1, 0.15) is 47.9 Å². The summed E-state index contributed by atoms with van der Waals surface area (Å²) in [7, 11) is -2.83. The van der Waals surface area contributed by atoms with Crippen molar-refractivity contribution >= 4 is 60.6 Å². The normalized spacial score (nSPS) is 14.6. The minimum absolute atomic E-state index is 1.12. The second-order valence-corrected chi connectivity index (χ2v) is 26.1. The van der Waals surface area contributed by atoms with Gasteiger partial charge in [-0.05, 0) is 122 Å². The average molecular weight is 665 g/mol. The molecule has 0 spiro atoms. The Morgan fingerprint density at radius 3 is 0.896 bits per heavy atom. The molecule has 0 bridgehead atoms. The molecule has 0 heterocycles. The van der Waals surface area contributed by atoms with E-state index in [0.29, 0.717) is 0 Å². The molecule has 5 aromatic rings. The molecule has 2 nitrogen and oxygen atoms in total. The standard InChI is InChI=1S/C44H52N2Si2/c1-47(2,3)37-29-25-35(26-30-37)45(33-17-9-7-10-18-33)43-39-21-13-15-23-41(39)44(42-24-16-14-22-40(42)43)46(34-19-11-8-12-20-34)36-27-31-38(32-28-36)48(4,5)6/h7-12,17-20,25-32H,13-16,21-24H2,1-6H3. The van der Waals surface area contributed by atoms with Gasteiger partial charge in [0.2, 0.25) is 0 Å². The Bertz CT molecular complexity index is 1690. The number of fused-ring (bicyclic) bond motifs is 2. The van der Waals surface area contributed by atoms with Crippen LogP contribution in [-0.2, 0) is 25.7 Å². The lowest BCUT2D eigenvalue weighted by atomic mass is 9.78. The Balaban J connectivity index is 1.50. The van der Waals surface area contributed by atoms with Crippen LogP contribution in [0.5, 0.6) is 0 Å². The lowest BCUT2D eigenvalue weighted by Gasteiger charge is -2.40. The molecule has 0 atom stereocenters. The monoisotopic (exact) mass is 664 g/mol. The highest BCUT2D eigenvalue weighted by Crippen LogP contribution is 2.52. The molecule has 2 aliphatic rings. The van der Waals surface area contributed by atoms with Crippen LogP contribution in [0.15, 0.2) is 109 Å². The van der Waals surface area contributed by atoms with Crippen molar-refractivity contribution in [2.75, 3.05) is 9.80 Å². The Kier molecular flexibility index (Phi) is 8.99. The third-order valence-corrected chi connectivity index (χ3v) is 14.7. The maximum Gasteiger partial charge on any atom is 0.0775 e. The molecule has 0 radical (unpaired) electrons. The first-order valence-electron chi connectivity index (χ1n) is 18.2. The Morgan fingerprint density at radius 1 is 0.354 bits per heavy atom. The van der Waals surface area contributed by atoms with E-state index >= 15 is 0 Å². The second kappa shape index (κ2) is 13.2. The van der Waals surface area contributed by atoms with Gasteiger partial charge in [0.15, 0.2) is 0 Å². The zero-order chi connectivity index (χ0) is 33.5. The summed E-state index contributed by atoms with van der Waals surface area (Å²) in [5.74, 6) is 0. The first kappa shape index (κ1) is 32.7. The van der Waals surface area contributed by atoms with E-state index in [2.05, 4.69) is 158 Å². The summed E-state index contributed by atoms with van der Waals surface area (Å²) in [4.78, 5) is 5.25. The Hall–Kier alpha value is -3.87. The molecule has 0 aromatic heterocycles. The fraction of sp³-hybridized carbons (Fsp3) is 0.318. The highest BCUT2D eigenvalue weighted by Gasteiger charge is 2.33. The third-order valence-electron chi connectivity index (χ3n) is 10.5. The number of rotatable bonds is 8. The fourth-order valence-corrected chi connectivity index (χ4v) is 10.3. The first-order chi connectivity index (χ1) is 23.1. The van der Waals surface area contributed by atoms with Crippen LogP contribution in [0.3, 0.4) is 0 Å². The summed E-state index contributed by atoms with van der Waals surface area (Å²) >= 11 is 0. The van der Waals surface area contributed by atoms with Gasteiger partial charge in [-0.25, -0.2) is 0 Å². The molecule has 4 heteroatoms. The van der Waals surface area contributed by atoms with Gasteiger partial charge in [-0.1, -0.05) is 110 Å². The molecule has 0 unspecified atom stereocenters. The van der Waals surface area contributed by atoms with Crippen LogP contribution >= 0.6 is 0 Å². The van der Waals surface area contributed by atoms with Crippen molar-refractivity contribution < 1.29 is 0 Å². The zero-order valence-corrected chi connectivity index (χ0v) is 31.9. The molecule has 48 heavy (non-hydrogen) atoms. The summed E-state index contributed by atoms with van der Waals surface area (Å²) in [6, 6.07) is 41.6. The van der Waals surface area contributed by atoms with Crippen LogP contribution in [0.2, 0.25) is 39.3 Å². The van der Waals surface area contributed by atoms with Gasteiger partial charge in [-0.2, -0.15) is 0 Å². The van der Waals surface area contributed by atoms with Gasteiger partial charge in [0.1, 0.15) is 0 Å². The molecule has 7 rings (SSSR count). The Labute approximate surface area is 291 Å². The minimum atomic E-state index is -1.42. The van der Waals surface area contributed by atoms with E-state index in [1.165, 1.54) is 70.2 Å². The van der Waals surface area contributed by atoms with Crippen molar-refractivity contribution in [3.8, 4) is 0 Å². The largest absolute Gasteiger partial charge is 0.310 e. The van der Waals surface area contributed by atoms with Crippen molar-refractivity contribution in [3.05, 3.63) is 131 Å². The van der Waals surface area contributed by atoms with Crippen molar-refractivity contribution in [3.63, 3.8) is 0 Å². The summed E-state index contributed by atoms with van der Waals surface area (Å²) in [6.45, 7) is 14.7. The second-order valence-electron chi connectivity index (χ2n) is 16.0. The molecule has 0 saturated heterocycles. The maximum atomic E-state index is 2.63. The molecular weight excluding hydrogens is 613 g/mol. The number of anilines is 6. The predicted octanol–water partition coefficient (Wildman–Crippen LogP) is 11.5. The summed E-state index contributed by atoms with van der Waals surface area (Å²) < 4.78 is 0. The molecule has 0 amide bonds. The van der Waals surface area contributed by atoms with Gasteiger partial charge >= 0.3 is 0 Å². The lowest BCUT2D eigenvalue weighted by Crippen LogP contribution is -2.37. The van der Waals surface area contributed by atoms with E-state index in [0.717, 1.165) is 25.7 Å². The van der Waals surface area contributed by atoms with Crippen LogP contribution in [0.25, 0.3) is 0 Å². The molecule has 5 aromatic carbocycles. The van der Waals surface area contributed by atoms with Crippen molar-refractivity contribution in [1.29, 1.82) is 0 Å².